The molecule has 0 aliphatic rings. The quantitative estimate of drug-likeness (QED) is 0.266. The Labute approximate surface area is 198 Å². The van der Waals surface area contributed by atoms with Gasteiger partial charge in [0.2, 0.25) is 0 Å². The van der Waals surface area contributed by atoms with E-state index in [1.165, 1.54) is 12.4 Å². The topological polar surface area (TPSA) is 120 Å². The van der Waals surface area contributed by atoms with Crippen LogP contribution in [0.3, 0.4) is 0 Å². The summed E-state index contributed by atoms with van der Waals surface area (Å²) in [6.07, 6.45) is 1.33. The minimum atomic E-state index is -1.04. The average Bonchev–Trinajstić information content (AvgIpc) is 3.26. The molecule has 0 saturated carbocycles. The van der Waals surface area contributed by atoms with Crippen molar-refractivity contribution in [3.05, 3.63) is 94.9 Å². The lowest BCUT2D eigenvalue weighted by atomic mass is 10.1. The highest BCUT2D eigenvalue weighted by Crippen LogP contribution is 2.24. The van der Waals surface area contributed by atoms with Crippen molar-refractivity contribution in [3.63, 3.8) is 0 Å². The number of hydrogen-bond donors (Lipinski definition) is 4. The van der Waals surface area contributed by atoms with Crippen LogP contribution in [0.1, 0.15) is 26.4 Å². The molecule has 0 fully saturated rings. The van der Waals surface area contributed by atoms with Gasteiger partial charge >= 0.3 is 5.97 Å². The zero-order valence-electron chi connectivity index (χ0n) is 17.7. The summed E-state index contributed by atoms with van der Waals surface area (Å²) in [4.78, 5) is 35.7. The van der Waals surface area contributed by atoms with Crippen LogP contribution in [0.25, 0.3) is 21.8 Å². The molecule has 5 rings (SSSR count). The summed E-state index contributed by atoms with van der Waals surface area (Å²) in [7, 11) is 0. The van der Waals surface area contributed by atoms with Crippen LogP contribution in [0.15, 0.2) is 73.1 Å². The van der Waals surface area contributed by atoms with Gasteiger partial charge in [-0.1, -0.05) is 29.8 Å². The molecule has 0 aliphatic carbocycles. The van der Waals surface area contributed by atoms with Gasteiger partial charge in [-0.05, 0) is 54.1 Å². The number of H-pyrrole nitrogens is 1. The van der Waals surface area contributed by atoms with E-state index in [1.54, 1.807) is 36.4 Å². The summed E-state index contributed by atoms with van der Waals surface area (Å²) in [6.45, 7) is 0.415. The first-order chi connectivity index (χ1) is 16.5. The van der Waals surface area contributed by atoms with Crippen LogP contribution in [0.5, 0.6) is 0 Å². The number of para-hydroxylation sites is 1. The maximum atomic E-state index is 12.7. The Morgan fingerprint density at radius 3 is 2.71 bits per heavy atom. The lowest BCUT2D eigenvalue weighted by Gasteiger charge is -2.11. The Morgan fingerprint density at radius 1 is 1.00 bits per heavy atom. The number of rotatable bonds is 6. The second-order valence-corrected chi connectivity index (χ2v) is 8.09. The third-order valence-electron chi connectivity index (χ3n) is 5.37. The summed E-state index contributed by atoms with van der Waals surface area (Å²) in [5.41, 5.74) is 3.29. The van der Waals surface area contributed by atoms with E-state index in [0.29, 0.717) is 39.7 Å². The number of anilines is 2. The van der Waals surface area contributed by atoms with Crippen molar-refractivity contribution < 1.29 is 14.7 Å². The molecule has 0 unspecified atom stereocenters. The van der Waals surface area contributed by atoms with Crippen molar-refractivity contribution in [3.8, 4) is 0 Å². The van der Waals surface area contributed by atoms with Gasteiger partial charge in [-0.15, -0.1) is 0 Å². The first kappa shape index (κ1) is 21.4. The number of aromatic amines is 1. The molecule has 2 heterocycles. The second-order valence-electron chi connectivity index (χ2n) is 7.65. The molecule has 5 aromatic rings. The predicted octanol–water partition coefficient (Wildman–Crippen LogP) is 5.33. The van der Waals surface area contributed by atoms with E-state index in [0.717, 1.165) is 16.5 Å². The predicted molar refractivity (Wildman–Crippen MR) is 132 cm³/mol. The number of nitrogens with zero attached hydrogens (tertiary/aromatic N) is 2. The highest BCUT2D eigenvalue weighted by atomic mass is 35.5. The fraction of sp³-hybridized carbons (Fsp3) is 0.0400. The number of halogens is 1. The zero-order valence-corrected chi connectivity index (χ0v) is 18.4. The molecule has 4 N–H and O–H groups in total. The molecule has 1 amide bonds. The Kier molecular flexibility index (Phi) is 5.57. The maximum Gasteiger partial charge on any atom is 0.337 e. The number of carboxylic acid groups (broad SMARTS) is 1. The number of carbonyl (C=O) groups excluding carboxylic acids is 1. The van der Waals surface area contributed by atoms with Crippen LogP contribution in [0.2, 0.25) is 5.02 Å². The van der Waals surface area contributed by atoms with E-state index in [-0.39, 0.29) is 11.5 Å². The molecule has 0 bridgehead atoms. The Hall–Kier alpha value is -4.43. The van der Waals surface area contributed by atoms with Gasteiger partial charge in [0.05, 0.1) is 11.1 Å². The number of carbonyl (C=O) groups is 2. The number of aromatic carboxylic acids is 1. The fourth-order valence-corrected chi connectivity index (χ4v) is 3.95. The first-order valence-electron chi connectivity index (χ1n) is 10.4. The van der Waals surface area contributed by atoms with Crippen LogP contribution >= 0.6 is 11.6 Å². The number of aromatic nitrogens is 3. The zero-order chi connectivity index (χ0) is 23.7. The van der Waals surface area contributed by atoms with Gasteiger partial charge in [0.25, 0.3) is 5.91 Å². The van der Waals surface area contributed by atoms with Gasteiger partial charge in [-0.2, -0.15) is 0 Å². The van der Waals surface area contributed by atoms with Crippen LogP contribution in [-0.2, 0) is 6.54 Å². The third kappa shape index (κ3) is 4.26. The van der Waals surface area contributed by atoms with Crippen molar-refractivity contribution in [1.29, 1.82) is 0 Å². The standard InChI is InChI=1S/C25H18ClN5O3/c26-16-7-8-20-15(10-16)11-21(31-20)24(32)30-17-4-1-3-14(9-17)12-27-23-18-5-2-6-19(25(33)34)22(18)28-13-29-23/h1-11,13,31H,12H2,(H,30,32)(H,33,34)(H,27,28,29). The molecule has 0 atom stereocenters. The highest BCUT2D eigenvalue weighted by Gasteiger charge is 2.13. The summed E-state index contributed by atoms with van der Waals surface area (Å²) in [6, 6.07) is 19.5. The number of carboxylic acids is 1. The summed E-state index contributed by atoms with van der Waals surface area (Å²) >= 11 is 6.03. The van der Waals surface area contributed by atoms with Crippen molar-refractivity contribution in [2.45, 2.75) is 6.54 Å². The Morgan fingerprint density at radius 2 is 1.85 bits per heavy atom. The molecule has 34 heavy (non-hydrogen) atoms. The van der Waals surface area contributed by atoms with E-state index in [9.17, 15) is 14.7 Å². The maximum absolute atomic E-state index is 12.7. The molecule has 8 nitrogen and oxygen atoms in total. The van der Waals surface area contributed by atoms with E-state index in [4.69, 9.17) is 11.6 Å². The second kappa shape index (κ2) is 8.84. The number of benzene rings is 3. The molecule has 0 aliphatic heterocycles. The van der Waals surface area contributed by atoms with E-state index < -0.39 is 5.97 Å². The molecule has 0 saturated heterocycles. The van der Waals surface area contributed by atoms with Gasteiger partial charge in [-0.25, -0.2) is 14.8 Å². The van der Waals surface area contributed by atoms with Gasteiger partial charge in [-0.3, -0.25) is 4.79 Å². The van der Waals surface area contributed by atoms with Crippen LogP contribution in [-0.4, -0.2) is 31.9 Å². The smallest absolute Gasteiger partial charge is 0.337 e. The van der Waals surface area contributed by atoms with Gasteiger partial charge in [0, 0.05) is 33.5 Å². The molecule has 3 aromatic carbocycles. The molecule has 0 radical (unpaired) electrons. The monoisotopic (exact) mass is 471 g/mol. The van der Waals surface area contributed by atoms with Crippen molar-refractivity contribution in [2.75, 3.05) is 10.6 Å². The third-order valence-corrected chi connectivity index (χ3v) is 5.60. The van der Waals surface area contributed by atoms with Gasteiger partial charge in [0.15, 0.2) is 0 Å². The van der Waals surface area contributed by atoms with Crippen molar-refractivity contribution >= 4 is 56.8 Å². The minimum absolute atomic E-state index is 0.118. The first-order valence-corrected chi connectivity index (χ1v) is 10.8. The van der Waals surface area contributed by atoms with Crippen LogP contribution < -0.4 is 10.6 Å². The number of nitrogens with one attached hydrogen (secondary N) is 3. The molecule has 0 spiro atoms. The van der Waals surface area contributed by atoms with Crippen molar-refractivity contribution in [2.24, 2.45) is 0 Å². The van der Waals surface area contributed by atoms with Crippen molar-refractivity contribution in [1.82, 2.24) is 15.0 Å². The van der Waals surface area contributed by atoms with Gasteiger partial charge < -0.3 is 20.7 Å². The molecular weight excluding hydrogens is 454 g/mol. The van der Waals surface area contributed by atoms with E-state index in [1.807, 2.05) is 24.3 Å². The molecule has 168 valence electrons. The normalized spacial score (nSPS) is 11.0. The summed E-state index contributed by atoms with van der Waals surface area (Å²) in [5.74, 6) is -0.781. The van der Waals surface area contributed by atoms with Crippen LogP contribution in [0, 0.1) is 0 Å². The van der Waals surface area contributed by atoms with E-state index >= 15 is 0 Å². The van der Waals surface area contributed by atoms with Gasteiger partial charge in [0.1, 0.15) is 17.8 Å². The molecule has 9 heteroatoms. The summed E-state index contributed by atoms with van der Waals surface area (Å²) in [5, 5.41) is 17.6. The van der Waals surface area contributed by atoms with Crippen LogP contribution in [0.4, 0.5) is 11.5 Å². The number of hydrogen-bond acceptors (Lipinski definition) is 5. The Balaban J connectivity index is 1.32. The fourth-order valence-electron chi connectivity index (χ4n) is 3.77. The number of amides is 1. The number of fused-ring (bicyclic) bond motifs is 2. The summed E-state index contributed by atoms with van der Waals surface area (Å²) < 4.78 is 0. The lowest BCUT2D eigenvalue weighted by molar-refractivity contribution is 0.0698. The molecular formula is C25H18ClN5O3. The minimum Gasteiger partial charge on any atom is -0.478 e. The van der Waals surface area contributed by atoms with E-state index in [2.05, 4.69) is 25.6 Å². The Bertz CT molecular complexity index is 1560. The lowest BCUT2D eigenvalue weighted by Crippen LogP contribution is -2.12. The largest absolute Gasteiger partial charge is 0.478 e. The SMILES string of the molecule is O=C(Nc1cccc(CNc2ncnc3c(C(=O)O)cccc23)c1)c1cc2cc(Cl)ccc2[nH]1. The molecule has 2 aromatic heterocycles. The average molecular weight is 472 g/mol. The highest BCUT2D eigenvalue weighted by molar-refractivity contribution is 6.31.